The van der Waals surface area contributed by atoms with E-state index in [-0.39, 0.29) is 23.0 Å². The fraction of sp³-hybridized carbons (Fsp3) is 0.125. The van der Waals surface area contributed by atoms with Crippen molar-refractivity contribution >= 4 is 40.7 Å². The van der Waals surface area contributed by atoms with Gasteiger partial charge in [-0.25, -0.2) is 4.98 Å². The summed E-state index contributed by atoms with van der Waals surface area (Å²) in [5.41, 5.74) is 3.20. The van der Waals surface area contributed by atoms with Crippen molar-refractivity contribution in [1.82, 2.24) is 15.0 Å². The van der Waals surface area contributed by atoms with Gasteiger partial charge in [0.15, 0.2) is 11.4 Å². The number of hydrogen-bond acceptors (Lipinski definition) is 6. The molecule has 1 aromatic carbocycles. The van der Waals surface area contributed by atoms with Gasteiger partial charge in [0.1, 0.15) is 5.75 Å². The summed E-state index contributed by atoms with van der Waals surface area (Å²) in [6.07, 6.45) is 3.96. The summed E-state index contributed by atoms with van der Waals surface area (Å²) in [5.74, 6) is -0.203. The number of aromatic hydroxyl groups is 1. The minimum atomic E-state index is -0.238. The van der Waals surface area contributed by atoms with Gasteiger partial charge in [-0.3, -0.25) is 14.6 Å². The monoisotopic (exact) mass is 342 g/mol. The van der Waals surface area contributed by atoms with Crippen LogP contribution in [0.5, 0.6) is 5.75 Å². The maximum absolute atomic E-state index is 12.0. The van der Waals surface area contributed by atoms with E-state index in [0.29, 0.717) is 17.1 Å². The SMILES string of the molecule is Cc1cncc2[nH]c(SCC(=O)Nc3ccc(O)c(C=O)c3)nc12. The Morgan fingerprint density at radius 3 is 3.00 bits per heavy atom. The molecule has 24 heavy (non-hydrogen) atoms. The van der Waals surface area contributed by atoms with Crippen LogP contribution in [0.15, 0.2) is 35.7 Å². The number of rotatable bonds is 5. The van der Waals surface area contributed by atoms with Gasteiger partial charge in [-0.15, -0.1) is 0 Å². The number of anilines is 1. The maximum atomic E-state index is 12.0. The van der Waals surface area contributed by atoms with Crippen LogP contribution in [0, 0.1) is 6.92 Å². The Labute approximate surface area is 141 Å². The van der Waals surface area contributed by atoms with E-state index in [2.05, 4.69) is 20.3 Å². The van der Waals surface area contributed by atoms with Crippen LogP contribution in [-0.2, 0) is 4.79 Å². The minimum absolute atomic E-state index is 0.122. The molecule has 7 nitrogen and oxygen atoms in total. The Morgan fingerprint density at radius 1 is 1.42 bits per heavy atom. The van der Waals surface area contributed by atoms with E-state index in [1.807, 2.05) is 6.92 Å². The number of aromatic amines is 1. The highest BCUT2D eigenvalue weighted by atomic mass is 32.2. The van der Waals surface area contributed by atoms with Crippen LogP contribution in [0.2, 0.25) is 0 Å². The maximum Gasteiger partial charge on any atom is 0.234 e. The number of fused-ring (bicyclic) bond motifs is 1. The summed E-state index contributed by atoms with van der Waals surface area (Å²) < 4.78 is 0. The normalized spacial score (nSPS) is 10.7. The number of carbonyl (C=O) groups excluding carboxylic acids is 2. The quantitative estimate of drug-likeness (QED) is 0.373. The van der Waals surface area contributed by atoms with Crippen molar-refractivity contribution in [3.05, 3.63) is 41.7 Å². The lowest BCUT2D eigenvalue weighted by atomic mass is 10.2. The summed E-state index contributed by atoms with van der Waals surface area (Å²) >= 11 is 1.27. The van der Waals surface area contributed by atoms with E-state index in [9.17, 15) is 14.7 Å². The van der Waals surface area contributed by atoms with E-state index in [0.717, 1.165) is 16.6 Å². The summed E-state index contributed by atoms with van der Waals surface area (Å²) in [6.45, 7) is 1.92. The van der Waals surface area contributed by atoms with Gasteiger partial charge in [-0.05, 0) is 30.7 Å². The first-order chi connectivity index (χ1) is 11.6. The van der Waals surface area contributed by atoms with Gasteiger partial charge in [-0.2, -0.15) is 0 Å². The van der Waals surface area contributed by atoms with Crippen LogP contribution in [0.1, 0.15) is 15.9 Å². The number of carbonyl (C=O) groups is 2. The number of benzene rings is 1. The van der Waals surface area contributed by atoms with Crippen LogP contribution < -0.4 is 5.32 Å². The summed E-state index contributed by atoms with van der Waals surface area (Å²) in [6, 6.07) is 4.31. The minimum Gasteiger partial charge on any atom is -0.507 e. The highest BCUT2D eigenvalue weighted by Gasteiger charge is 2.10. The van der Waals surface area contributed by atoms with Crippen molar-refractivity contribution in [2.45, 2.75) is 12.1 Å². The van der Waals surface area contributed by atoms with Crippen molar-refractivity contribution in [3.8, 4) is 5.75 Å². The average molecular weight is 342 g/mol. The van der Waals surface area contributed by atoms with Crippen molar-refractivity contribution in [1.29, 1.82) is 0 Å². The molecule has 8 heteroatoms. The Bertz CT molecular complexity index is 923. The molecule has 2 aromatic heterocycles. The van der Waals surface area contributed by atoms with E-state index in [4.69, 9.17) is 0 Å². The third-order valence-electron chi connectivity index (χ3n) is 3.33. The number of nitrogens with zero attached hydrogens (tertiary/aromatic N) is 2. The van der Waals surface area contributed by atoms with E-state index in [1.165, 1.54) is 30.0 Å². The number of thioether (sulfide) groups is 1. The molecule has 3 rings (SSSR count). The fourth-order valence-corrected chi connectivity index (χ4v) is 2.85. The lowest BCUT2D eigenvalue weighted by Gasteiger charge is -2.05. The topological polar surface area (TPSA) is 108 Å². The molecular weight excluding hydrogens is 328 g/mol. The van der Waals surface area contributed by atoms with Crippen LogP contribution in [0.25, 0.3) is 11.0 Å². The highest BCUT2D eigenvalue weighted by molar-refractivity contribution is 7.99. The van der Waals surface area contributed by atoms with E-state index < -0.39 is 0 Å². The van der Waals surface area contributed by atoms with Crippen molar-refractivity contribution < 1.29 is 14.7 Å². The Balaban J connectivity index is 1.64. The van der Waals surface area contributed by atoms with Crippen molar-refractivity contribution in [2.75, 3.05) is 11.1 Å². The second kappa shape index (κ2) is 6.71. The zero-order valence-corrected chi connectivity index (χ0v) is 13.6. The number of aromatic nitrogens is 3. The third-order valence-corrected chi connectivity index (χ3v) is 4.21. The van der Waals surface area contributed by atoms with Gasteiger partial charge in [0.05, 0.1) is 28.5 Å². The van der Waals surface area contributed by atoms with Gasteiger partial charge in [-0.1, -0.05) is 11.8 Å². The molecule has 0 unspecified atom stereocenters. The van der Waals surface area contributed by atoms with Crippen LogP contribution in [-0.4, -0.2) is 38.0 Å². The van der Waals surface area contributed by atoms with Gasteiger partial charge in [0.2, 0.25) is 5.91 Å². The number of amides is 1. The predicted molar refractivity (Wildman–Crippen MR) is 91.5 cm³/mol. The fourth-order valence-electron chi connectivity index (χ4n) is 2.17. The van der Waals surface area contributed by atoms with Crippen LogP contribution >= 0.6 is 11.8 Å². The number of phenolic OH excluding ortho intramolecular Hbond substituents is 1. The zero-order valence-electron chi connectivity index (χ0n) is 12.7. The molecule has 122 valence electrons. The largest absolute Gasteiger partial charge is 0.507 e. The second-order valence-corrected chi connectivity index (χ2v) is 6.09. The Morgan fingerprint density at radius 2 is 2.25 bits per heavy atom. The number of aldehydes is 1. The molecule has 0 saturated heterocycles. The molecule has 0 aliphatic carbocycles. The predicted octanol–water partition coefficient (Wildman–Crippen LogP) is 2.52. The van der Waals surface area contributed by atoms with Crippen LogP contribution in [0.4, 0.5) is 5.69 Å². The molecular formula is C16H14N4O3S. The molecule has 0 radical (unpaired) electrons. The second-order valence-electron chi connectivity index (χ2n) is 5.12. The van der Waals surface area contributed by atoms with Gasteiger partial charge in [0, 0.05) is 11.9 Å². The molecule has 3 aromatic rings. The number of phenols is 1. The van der Waals surface area contributed by atoms with Crippen molar-refractivity contribution in [3.63, 3.8) is 0 Å². The molecule has 0 aliphatic heterocycles. The van der Waals surface area contributed by atoms with Crippen LogP contribution in [0.3, 0.4) is 0 Å². The first-order valence-corrected chi connectivity index (χ1v) is 8.06. The number of imidazole rings is 1. The molecule has 0 fully saturated rings. The van der Waals surface area contributed by atoms with E-state index >= 15 is 0 Å². The first kappa shape index (κ1) is 16.0. The zero-order chi connectivity index (χ0) is 17.1. The van der Waals surface area contributed by atoms with Gasteiger partial charge in [0.25, 0.3) is 0 Å². The standard InChI is InChI=1S/C16H14N4O3S/c1-9-5-17-6-12-15(9)20-16(19-12)24-8-14(23)18-11-2-3-13(22)10(4-11)7-21/h2-7,22H,8H2,1H3,(H,18,23)(H,19,20). The van der Waals surface area contributed by atoms with E-state index in [1.54, 1.807) is 12.4 Å². The third kappa shape index (κ3) is 3.38. The lowest BCUT2D eigenvalue weighted by Crippen LogP contribution is -2.14. The summed E-state index contributed by atoms with van der Waals surface area (Å²) in [7, 11) is 0. The number of aryl methyl sites for hydroxylation is 1. The molecule has 3 N–H and O–H groups in total. The smallest absolute Gasteiger partial charge is 0.234 e. The number of nitrogens with one attached hydrogen (secondary N) is 2. The molecule has 1 amide bonds. The molecule has 0 aliphatic rings. The molecule has 0 bridgehead atoms. The average Bonchev–Trinajstić information content (AvgIpc) is 2.99. The molecule has 0 atom stereocenters. The molecule has 0 saturated carbocycles. The number of pyridine rings is 1. The highest BCUT2D eigenvalue weighted by Crippen LogP contribution is 2.22. The Hall–Kier alpha value is -2.87. The number of hydrogen-bond donors (Lipinski definition) is 3. The first-order valence-electron chi connectivity index (χ1n) is 7.08. The lowest BCUT2D eigenvalue weighted by molar-refractivity contribution is -0.113. The number of H-pyrrole nitrogens is 1. The summed E-state index contributed by atoms with van der Waals surface area (Å²) in [5, 5.41) is 12.8. The molecule has 0 spiro atoms. The van der Waals surface area contributed by atoms with Gasteiger partial charge < -0.3 is 15.4 Å². The van der Waals surface area contributed by atoms with Crippen molar-refractivity contribution in [2.24, 2.45) is 0 Å². The van der Waals surface area contributed by atoms with Gasteiger partial charge >= 0.3 is 0 Å². The molecule has 2 heterocycles. The summed E-state index contributed by atoms with van der Waals surface area (Å²) in [4.78, 5) is 34.5. The Kier molecular flexibility index (Phi) is 4.48.